The summed E-state index contributed by atoms with van der Waals surface area (Å²) in [4.78, 5) is 6.41. The first kappa shape index (κ1) is 11.0. The normalized spacial score (nSPS) is 27.3. The Morgan fingerprint density at radius 3 is 3.27 bits per heavy atom. The lowest BCUT2D eigenvalue weighted by Gasteiger charge is -2.22. The predicted molar refractivity (Wildman–Crippen MR) is 59.8 cm³/mol. The molecule has 0 aliphatic carbocycles. The highest BCUT2D eigenvalue weighted by molar-refractivity contribution is 7.09. The van der Waals surface area contributed by atoms with Crippen LogP contribution in [0.5, 0.6) is 0 Å². The molecule has 0 amide bonds. The number of thiazole rings is 1. The topological polar surface area (TPSA) is 28.2 Å². The Balaban J connectivity index is 1.94. The molecule has 2 heterocycles. The van der Waals surface area contributed by atoms with Crippen LogP contribution in [-0.4, -0.2) is 42.2 Å². The van der Waals surface area contributed by atoms with Crippen molar-refractivity contribution >= 4 is 11.3 Å². The van der Waals surface area contributed by atoms with Crippen molar-refractivity contribution in [3.05, 3.63) is 16.6 Å². The van der Waals surface area contributed by atoms with Gasteiger partial charge in [0.1, 0.15) is 11.2 Å². The highest BCUT2D eigenvalue weighted by Gasteiger charge is 2.31. The number of aromatic nitrogens is 1. The molecule has 2 rings (SSSR count). The van der Waals surface area contributed by atoms with E-state index in [1.54, 1.807) is 17.5 Å². The highest BCUT2D eigenvalue weighted by Crippen LogP contribution is 2.22. The summed E-state index contributed by atoms with van der Waals surface area (Å²) in [5.41, 5.74) is 0. The number of alkyl halides is 1. The maximum Gasteiger partial charge on any atom is 0.114 e. The predicted octanol–water partition coefficient (Wildman–Crippen LogP) is 1.27. The average molecular weight is 229 g/mol. The first-order valence-corrected chi connectivity index (χ1v) is 6.08. The van der Waals surface area contributed by atoms with Crippen molar-refractivity contribution in [2.24, 2.45) is 0 Å². The average Bonchev–Trinajstić information content (AvgIpc) is 2.78. The van der Waals surface area contributed by atoms with Gasteiger partial charge in [0.25, 0.3) is 0 Å². The van der Waals surface area contributed by atoms with Gasteiger partial charge >= 0.3 is 0 Å². The quantitative estimate of drug-likeness (QED) is 0.843. The van der Waals surface area contributed by atoms with Crippen LogP contribution in [0.25, 0.3) is 0 Å². The number of hydrogen-bond acceptors (Lipinski definition) is 4. The molecule has 15 heavy (non-hydrogen) atoms. The second kappa shape index (κ2) is 5.01. The molecule has 2 unspecified atom stereocenters. The Bertz CT molecular complexity index is 291. The molecular weight excluding hydrogens is 213 g/mol. The Hall–Kier alpha value is -0.520. The third-order valence-corrected chi connectivity index (χ3v) is 3.50. The van der Waals surface area contributed by atoms with E-state index in [1.807, 2.05) is 12.4 Å². The van der Waals surface area contributed by atoms with E-state index in [4.69, 9.17) is 0 Å². The molecule has 0 bridgehead atoms. The van der Waals surface area contributed by atoms with Gasteiger partial charge in [0.05, 0.1) is 6.54 Å². The minimum atomic E-state index is -0.677. The maximum absolute atomic E-state index is 13.3. The summed E-state index contributed by atoms with van der Waals surface area (Å²) in [5, 5.41) is 6.15. The molecule has 1 aliphatic heterocycles. The molecule has 5 heteroatoms. The largest absolute Gasteiger partial charge is 0.318 e. The summed E-state index contributed by atoms with van der Waals surface area (Å²) in [7, 11) is 1.91. The number of nitrogens with one attached hydrogen (secondary N) is 1. The van der Waals surface area contributed by atoms with Crippen LogP contribution >= 0.6 is 11.3 Å². The van der Waals surface area contributed by atoms with Gasteiger partial charge in [-0.05, 0) is 13.5 Å². The van der Waals surface area contributed by atoms with Gasteiger partial charge in [-0.25, -0.2) is 9.37 Å². The van der Waals surface area contributed by atoms with Gasteiger partial charge in [-0.3, -0.25) is 4.90 Å². The third-order valence-electron chi connectivity index (χ3n) is 2.74. The van der Waals surface area contributed by atoms with E-state index in [-0.39, 0.29) is 0 Å². The first-order chi connectivity index (χ1) is 7.29. The van der Waals surface area contributed by atoms with E-state index in [0.717, 1.165) is 18.1 Å². The van der Waals surface area contributed by atoms with Crippen LogP contribution in [-0.2, 0) is 6.54 Å². The second-order valence-corrected chi connectivity index (χ2v) is 4.88. The highest BCUT2D eigenvalue weighted by atomic mass is 32.1. The summed E-state index contributed by atoms with van der Waals surface area (Å²) < 4.78 is 13.3. The number of likely N-dealkylation sites (tertiary alicyclic amines) is 1. The number of halogens is 1. The van der Waals surface area contributed by atoms with E-state index in [0.29, 0.717) is 19.0 Å². The molecular formula is C10H16FN3S. The van der Waals surface area contributed by atoms with E-state index in [9.17, 15) is 4.39 Å². The van der Waals surface area contributed by atoms with E-state index >= 15 is 0 Å². The minimum Gasteiger partial charge on any atom is -0.318 e. The lowest BCUT2D eigenvalue weighted by molar-refractivity contribution is 0.232. The van der Waals surface area contributed by atoms with Gasteiger partial charge in [0, 0.05) is 30.7 Å². The third kappa shape index (κ3) is 2.74. The fourth-order valence-corrected chi connectivity index (χ4v) is 2.71. The van der Waals surface area contributed by atoms with Crippen molar-refractivity contribution in [2.75, 3.05) is 20.1 Å². The molecule has 0 radical (unpaired) electrons. The molecule has 84 valence electrons. The van der Waals surface area contributed by atoms with Crippen molar-refractivity contribution in [2.45, 2.75) is 25.2 Å². The summed E-state index contributed by atoms with van der Waals surface area (Å²) >= 11 is 1.64. The van der Waals surface area contributed by atoms with Crippen LogP contribution < -0.4 is 5.32 Å². The van der Waals surface area contributed by atoms with Crippen molar-refractivity contribution in [3.63, 3.8) is 0 Å². The molecule has 1 aromatic rings. The zero-order chi connectivity index (χ0) is 10.7. The minimum absolute atomic E-state index is 0.314. The zero-order valence-electron chi connectivity index (χ0n) is 8.82. The van der Waals surface area contributed by atoms with Crippen LogP contribution in [0, 0.1) is 0 Å². The van der Waals surface area contributed by atoms with Crippen LogP contribution in [0.3, 0.4) is 0 Å². The lowest BCUT2D eigenvalue weighted by Crippen LogP contribution is -2.36. The second-order valence-electron chi connectivity index (χ2n) is 3.90. The monoisotopic (exact) mass is 229 g/mol. The molecule has 3 nitrogen and oxygen atoms in total. The van der Waals surface area contributed by atoms with Gasteiger partial charge in [-0.2, -0.15) is 0 Å². The van der Waals surface area contributed by atoms with Gasteiger partial charge in [-0.15, -0.1) is 11.3 Å². The van der Waals surface area contributed by atoms with Crippen LogP contribution in [0.4, 0.5) is 4.39 Å². The summed E-state index contributed by atoms with van der Waals surface area (Å²) in [6.45, 7) is 2.18. The zero-order valence-corrected chi connectivity index (χ0v) is 9.63. The Kier molecular flexibility index (Phi) is 3.66. The van der Waals surface area contributed by atoms with Crippen LogP contribution in [0.2, 0.25) is 0 Å². The standard InChI is InChI=1S/C10H16FN3S/c1-12-5-9-4-8(11)6-14(9)7-10-13-2-3-15-10/h2-3,8-9,12H,4-7H2,1H3. The molecule has 2 atom stereocenters. The summed E-state index contributed by atoms with van der Waals surface area (Å²) in [6.07, 6.45) is 1.77. The number of nitrogens with zero attached hydrogens (tertiary/aromatic N) is 2. The Morgan fingerprint density at radius 1 is 1.73 bits per heavy atom. The van der Waals surface area contributed by atoms with Crippen LogP contribution in [0.1, 0.15) is 11.4 Å². The summed E-state index contributed by atoms with van der Waals surface area (Å²) in [6, 6.07) is 0.314. The Labute approximate surface area is 93.3 Å². The van der Waals surface area contributed by atoms with E-state index < -0.39 is 6.17 Å². The molecule has 1 N–H and O–H groups in total. The SMILES string of the molecule is CNCC1CC(F)CN1Cc1nccs1. The van der Waals surface area contributed by atoms with Gasteiger partial charge in [0.15, 0.2) is 0 Å². The fraction of sp³-hybridized carbons (Fsp3) is 0.700. The van der Waals surface area contributed by atoms with Crippen molar-refractivity contribution in [3.8, 4) is 0 Å². The molecule has 1 aromatic heterocycles. The summed E-state index contributed by atoms with van der Waals surface area (Å²) in [5.74, 6) is 0. The number of likely N-dealkylation sites (N-methyl/N-ethyl adjacent to an activating group) is 1. The molecule has 0 spiro atoms. The number of rotatable bonds is 4. The van der Waals surface area contributed by atoms with E-state index in [2.05, 4.69) is 15.2 Å². The number of hydrogen-bond donors (Lipinski definition) is 1. The molecule has 0 saturated carbocycles. The van der Waals surface area contributed by atoms with E-state index in [1.165, 1.54) is 0 Å². The molecule has 1 saturated heterocycles. The van der Waals surface area contributed by atoms with Gasteiger partial charge in [-0.1, -0.05) is 0 Å². The molecule has 1 fully saturated rings. The first-order valence-electron chi connectivity index (χ1n) is 5.20. The fourth-order valence-electron chi connectivity index (χ4n) is 2.07. The maximum atomic E-state index is 13.3. The molecule has 0 aromatic carbocycles. The van der Waals surface area contributed by atoms with Crippen LogP contribution in [0.15, 0.2) is 11.6 Å². The Morgan fingerprint density at radius 2 is 2.60 bits per heavy atom. The lowest BCUT2D eigenvalue weighted by atomic mass is 10.2. The van der Waals surface area contributed by atoms with Gasteiger partial charge < -0.3 is 5.32 Å². The van der Waals surface area contributed by atoms with Crippen molar-refractivity contribution < 1.29 is 4.39 Å². The van der Waals surface area contributed by atoms with Gasteiger partial charge in [0.2, 0.25) is 0 Å². The molecule has 1 aliphatic rings. The van der Waals surface area contributed by atoms with Crippen molar-refractivity contribution in [1.29, 1.82) is 0 Å². The van der Waals surface area contributed by atoms with Crippen molar-refractivity contribution in [1.82, 2.24) is 15.2 Å². The smallest absolute Gasteiger partial charge is 0.114 e.